The maximum absolute atomic E-state index is 5.97. The average Bonchev–Trinajstić information content (AvgIpc) is 2.29. The maximum atomic E-state index is 5.97. The molecule has 1 nitrogen and oxygen atoms in total. The third-order valence-electron chi connectivity index (χ3n) is 2.66. The lowest BCUT2D eigenvalue weighted by Gasteiger charge is -2.11. The van der Waals surface area contributed by atoms with Crippen molar-refractivity contribution in [3.05, 3.63) is 34.3 Å². The molecule has 2 rings (SSSR count). The molecule has 1 aliphatic heterocycles. The first kappa shape index (κ1) is 11.8. The van der Waals surface area contributed by atoms with Crippen molar-refractivity contribution in [3.63, 3.8) is 0 Å². The summed E-state index contributed by atoms with van der Waals surface area (Å²) in [5.41, 5.74) is 2.86. The van der Waals surface area contributed by atoms with Crippen LogP contribution in [0.4, 0.5) is 0 Å². The second-order valence-corrected chi connectivity index (χ2v) is 4.13. The van der Waals surface area contributed by atoms with Crippen LogP contribution in [0, 0.1) is 0 Å². The van der Waals surface area contributed by atoms with Gasteiger partial charge in [0.2, 0.25) is 0 Å². The number of hydrogen-bond acceptors (Lipinski definition) is 1. The van der Waals surface area contributed by atoms with Crippen LogP contribution in [-0.4, -0.2) is 13.1 Å². The lowest BCUT2D eigenvalue weighted by atomic mass is 9.96. The Morgan fingerprint density at radius 3 is 3.00 bits per heavy atom. The highest BCUT2D eigenvalue weighted by Gasteiger charge is 2.13. The summed E-state index contributed by atoms with van der Waals surface area (Å²) in [6.45, 7) is 4.39. The van der Waals surface area contributed by atoms with Gasteiger partial charge in [-0.3, -0.25) is 0 Å². The molecular formula is C11H14Cl2N-. The van der Waals surface area contributed by atoms with Gasteiger partial charge in [0.15, 0.2) is 0 Å². The molecule has 1 aromatic carbocycles. The van der Waals surface area contributed by atoms with E-state index in [2.05, 4.69) is 24.4 Å². The van der Waals surface area contributed by atoms with Crippen molar-refractivity contribution >= 4 is 11.6 Å². The Morgan fingerprint density at radius 1 is 1.43 bits per heavy atom. The Hall–Kier alpha value is -0.240. The van der Waals surface area contributed by atoms with E-state index in [1.165, 1.54) is 11.1 Å². The van der Waals surface area contributed by atoms with Crippen molar-refractivity contribution < 1.29 is 12.4 Å². The monoisotopic (exact) mass is 230 g/mol. The van der Waals surface area contributed by atoms with Crippen LogP contribution in [0.15, 0.2) is 18.2 Å². The first-order valence-electron chi connectivity index (χ1n) is 4.76. The molecule has 0 aliphatic carbocycles. The van der Waals surface area contributed by atoms with Crippen LogP contribution in [-0.2, 0) is 6.42 Å². The molecule has 1 aliphatic rings. The zero-order valence-corrected chi connectivity index (χ0v) is 9.70. The van der Waals surface area contributed by atoms with Crippen LogP contribution in [0.2, 0.25) is 5.02 Å². The van der Waals surface area contributed by atoms with E-state index in [1.54, 1.807) is 0 Å². The zero-order chi connectivity index (χ0) is 9.26. The quantitative estimate of drug-likeness (QED) is 0.640. The van der Waals surface area contributed by atoms with Gasteiger partial charge in [-0.25, -0.2) is 0 Å². The first-order chi connectivity index (χ1) is 6.27. The fraction of sp³-hybridized carbons (Fsp3) is 0.455. The summed E-state index contributed by atoms with van der Waals surface area (Å²) >= 11 is 5.97. The van der Waals surface area contributed by atoms with Gasteiger partial charge in [0.25, 0.3) is 0 Å². The van der Waals surface area contributed by atoms with Gasteiger partial charge in [0.05, 0.1) is 0 Å². The fourth-order valence-corrected chi connectivity index (χ4v) is 2.08. The summed E-state index contributed by atoms with van der Waals surface area (Å²) in [4.78, 5) is 0. The minimum atomic E-state index is 0. The largest absolute Gasteiger partial charge is 1.00 e. The van der Waals surface area contributed by atoms with E-state index in [0.29, 0.717) is 5.92 Å². The Kier molecular flexibility index (Phi) is 4.24. The van der Waals surface area contributed by atoms with E-state index >= 15 is 0 Å². The summed E-state index contributed by atoms with van der Waals surface area (Å²) in [6.07, 6.45) is 1.12. The first-order valence-corrected chi connectivity index (χ1v) is 5.14. The molecule has 78 valence electrons. The number of rotatable bonds is 0. The molecular weight excluding hydrogens is 217 g/mol. The second kappa shape index (κ2) is 5.01. The van der Waals surface area contributed by atoms with Crippen molar-refractivity contribution in [3.8, 4) is 0 Å². The predicted octanol–water partition coefficient (Wildman–Crippen LogP) is -0.407. The average molecular weight is 231 g/mol. The molecule has 1 aromatic rings. The number of nitrogens with one attached hydrogen (secondary N) is 1. The van der Waals surface area contributed by atoms with E-state index in [9.17, 15) is 0 Å². The molecule has 1 atom stereocenters. The normalized spacial score (nSPS) is 20.6. The SMILES string of the molecule is CC1CNCCc2ccc(Cl)cc21.[Cl-]. The van der Waals surface area contributed by atoms with Crippen LogP contribution in [0.3, 0.4) is 0 Å². The van der Waals surface area contributed by atoms with Gasteiger partial charge in [0, 0.05) is 11.6 Å². The van der Waals surface area contributed by atoms with Gasteiger partial charge < -0.3 is 17.7 Å². The highest BCUT2D eigenvalue weighted by Crippen LogP contribution is 2.25. The molecule has 0 aromatic heterocycles. The zero-order valence-electron chi connectivity index (χ0n) is 8.19. The van der Waals surface area contributed by atoms with Crippen LogP contribution < -0.4 is 17.7 Å². The Balaban J connectivity index is 0.000000980. The van der Waals surface area contributed by atoms with E-state index in [0.717, 1.165) is 24.5 Å². The lowest BCUT2D eigenvalue weighted by molar-refractivity contribution is -0.00000264. The van der Waals surface area contributed by atoms with Crippen LogP contribution >= 0.6 is 11.6 Å². The molecule has 0 bridgehead atoms. The smallest absolute Gasteiger partial charge is 0.0409 e. The molecule has 0 amide bonds. The van der Waals surface area contributed by atoms with Crippen molar-refractivity contribution in [2.75, 3.05) is 13.1 Å². The fourth-order valence-electron chi connectivity index (χ4n) is 1.90. The molecule has 0 fully saturated rings. The lowest BCUT2D eigenvalue weighted by Crippen LogP contribution is -3.00. The molecule has 3 heteroatoms. The summed E-state index contributed by atoms with van der Waals surface area (Å²) < 4.78 is 0. The topological polar surface area (TPSA) is 12.0 Å². The number of halogens is 2. The van der Waals surface area contributed by atoms with Crippen molar-refractivity contribution in [1.29, 1.82) is 0 Å². The van der Waals surface area contributed by atoms with Gasteiger partial charge in [-0.1, -0.05) is 24.6 Å². The number of benzene rings is 1. The summed E-state index contributed by atoms with van der Waals surface area (Å²) in [5.74, 6) is 0.580. The third kappa shape index (κ3) is 2.41. The Bertz CT molecular complexity index is 312. The van der Waals surface area contributed by atoms with Crippen molar-refractivity contribution in [1.82, 2.24) is 5.32 Å². The summed E-state index contributed by atoms with van der Waals surface area (Å²) in [6, 6.07) is 6.24. The number of fused-ring (bicyclic) bond motifs is 1. The Morgan fingerprint density at radius 2 is 2.21 bits per heavy atom. The van der Waals surface area contributed by atoms with E-state index < -0.39 is 0 Å². The van der Waals surface area contributed by atoms with Crippen molar-refractivity contribution in [2.45, 2.75) is 19.3 Å². The minimum absolute atomic E-state index is 0. The number of hydrogen-bond donors (Lipinski definition) is 1. The molecule has 1 unspecified atom stereocenters. The highest BCUT2D eigenvalue weighted by atomic mass is 35.5. The summed E-state index contributed by atoms with van der Waals surface area (Å²) in [5, 5.41) is 4.27. The standard InChI is InChI=1S/C11H14ClN.ClH/c1-8-7-13-5-4-9-2-3-10(12)6-11(8)9;/h2-3,6,8,13H,4-5,7H2,1H3;1H/p-1. The molecule has 0 saturated carbocycles. The third-order valence-corrected chi connectivity index (χ3v) is 2.90. The van der Waals surface area contributed by atoms with Gasteiger partial charge in [0.1, 0.15) is 0 Å². The predicted molar refractivity (Wildman–Crippen MR) is 56.4 cm³/mol. The maximum Gasteiger partial charge on any atom is 0.0409 e. The summed E-state index contributed by atoms with van der Waals surface area (Å²) in [7, 11) is 0. The van der Waals surface area contributed by atoms with E-state index in [4.69, 9.17) is 11.6 Å². The van der Waals surface area contributed by atoms with E-state index in [-0.39, 0.29) is 12.4 Å². The highest BCUT2D eigenvalue weighted by molar-refractivity contribution is 6.30. The molecule has 0 saturated heterocycles. The second-order valence-electron chi connectivity index (χ2n) is 3.70. The minimum Gasteiger partial charge on any atom is -1.00 e. The van der Waals surface area contributed by atoms with Gasteiger partial charge in [-0.15, -0.1) is 0 Å². The molecule has 14 heavy (non-hydrogen) atoms. The van der Waals surface area contributed by atoms with Crippen molar-refractivity contribution in [2.24, 2.45) is 0 Å². The van der Waals surface area contributed by atoms with Crippen LogP contribution in [0.25, 0.3) is 0 Å². The van der Waals surface area contributed by atoms with E-state index in [1.807, 2.05) is 6.07 Å². The molecule has 0 spiro atoms. The Labute approximate surface area is 96.3 Å². The molecule has 1 N–H and O–H groups in total. The van der Waals surface area contributed by atoms with Crippen LogP contribution in [0.5, 0.6) is 0 Å². The molecule has 0 radical (unpaired) electrons. The molecule has 1 heterocycles. The van der Waals surface area contributed by atoms with Gasteiger partial charge in [-0.2, -0.15) is 0 Å². The van der Waals surface area contributed by atoms with Crippen LogP contribution in [0.1, 0.15) is 24.0 Å². The van der Waals surface area contributed by atoms with Gasteiger partial charge >= 0.3 is 0 Å². The van der Waals surface area contributed by atoms with Gasteiger partial charge in [-0.05, 0) is 42.1 Å².